The third-order valence-electron chi connectivity index (χ3n) is 4.80. The van der Waals surface area contributed by atoms with E-state index in [2.05, 4.69) is 22.2 Å². The second-order valence-electron chi connectivity index (χ2n) is 6.59. The Morgan fingerprint density at radius 1 is 1.45 bits per heavy atom. The molecule has 0 bridgehead atoms. The maximum atomic E-state index is 12.2. The van der Waals surface area contributed by atoms with Crippen LogP contribution in [0.2, 0.25) is 0 Å². The molecule has 0 aliphatic heterocycles. The number of hydrogen-bond acceptors (Lipinski definition) is 3. The first-order valence-electron chi connectivity index (χ1n) is 8.53. The van der Waals surface area contributed by atoms with Gasteiger partial charge in [-0.2, -0.15) is 0 Å². The first kappa shape index (κ1) is 17.0. The summed E-state index contributed by atoms with van der Waals surface area (Å²) in [5.74, 6) is 1.05. The van der Waals surface area contributed by atoms with Gasteiger partial charge in [-0.1, -0.05) is 26.2 Å². The maximum Gasteiger partial charge on any atom is 0.224 e. The van der Waals surface area contributed by atoms with E-state index in [9.17, 15) is 4.79 Å². The van der Waals surface area contributed by atoms with Gasteiger partial charge in [-0.25, -0.2) is 4.98 Å². The molecule has 1 amide bonds. The van der Waals surface area contributed by atoms with Crippen LogP contribution < -0.4 is 5.32 Å². The van der Waals surface area contributed by atoms with Crippen molar-refractivity contribution in [2.45, 2.75) is 58.5 Å². The van der Waals surface area contributed by atoms with Crippen molar-refractivity contribution in [3.63, 3.8) is 0 Å². The summed E-state index contributed by atoms with van der Waals surface area (Å²) in [4.78, 5) is 18.8. The zero-order valence-corrected chi connectivity index (χ0v) is 14.2. The number of carbonyl (C=O) groups is 1. The molecular formula is C17H30N4O. The molecule has 1 aromatic rings. The second-order valence-corrected chi connectivity index (χ2v) is 6.59. The molecule has 5 heteroatoms. The number of nitrogens with one attached hydrogen (secondary N) is 1. The van der Waals surface area contributed by atoms with Gasteiger partial charge in [0.05, 0.1) is 5.92 Å². The minimum absolute atomic E-state index is 0.0344. The number of imidazole rings is 1. The summed E-state index contributed by atoms with van der Waals surface area (Å²) in [6.07, 6.45) is 10.4. The largest absolute Gasteiger partial charge is 0.355 e. The van der Waals surface area contributed by atoms with Crippen LogP contribution in [0, 0.1) is 12.8 Å². The normalized spacial score (nSPS) is 17.6. The van der Waals surface area contributed by atoms with Gasteiger partial charge in [0.15, 0.2) is 0 Å². The third kappa shape index (κ3) is 4.83. The van der Waals surface area contributed by atoms with Gasteiger partial charge in [0.25, 0.3) is 0 Å². The highest BCUT2D eigenvalue weighted by Crippen LogP contribution is 2.21. The van der Waals surface area contributed by atoms with Crippen LogP contribution in [0.5, 0.6) is 0 Å². The van der Waals surface area contributed by atoms with E-state index < -0.39 is 0 Å². The highest BCUT2D eigenvalue weighted by atomic mass is 16.1. The van der Waals surface area contributed by atoms with Gasteiger partial charge < -0.3 is 14.8 Å². The number of carbonyl (C=O) groups excluding carboxylic acids is 1. The van der Waals surface area contributed by atoms with Gasteiger partial charge in [0, 0.05) is 38.1 Å². The number of amides is 1. The molecule has 1 aliphatic rings. The van der Waals surface area contributed by atoms with E-state index in [0.29, 0.717) is 12.6 Å². The number of likely N-dealkylation sites (N-methyl/N-ethyl adjacent to an activating group) is 1. The Bertz CT molecular complexity index is 465. The average molecular weight is 306 g/mol. The highest BCUT2D eigenvalue weighted by Gasteiger charge is 2.18. The number of aryl methyl sites for hydroxylation is 1. The fourth-order valence-corrected chi connectivity index (χ4v) is 3.21. The lowest BCUT2D eigenvalue weighted by Gasteiger charge is -2.31. The SMILES string of the molecule is Cc1nccn1C[C@H](C)C(=O)NCCN(C)C1CCCCC1. The van der Waals surface area contributed by atoms with Crippen molar-refractivity contribution in [1.29, 1.82) is 0 Å². The van der Waals surface area contributed by atoms with Crippen LogP contribution in [0.1, 0.15) is 44.9 Å². The molecule has 0 spiro atoms. The number of nitrogens with zero attached hydrogens (tertiary/aromatic N) is 3. The minimum Gasteiger partial charge on any atom is -0.355 e. The molecule has 1 atom stereocenters. The Hall–Kier alpha value is -1.36. The van der Waals surface area contributed by atoms with Crippen LogP contribution in [0.3, 0.4) is 0 Å². The van der Waals surface area contributed by atoms with E-state index in [0.717, 1.165) is 18.9 Å². The molecule has 5 nitrogen and oxygen atoms in total. The van der Waals surface area contributed by atoms with Crippen LogP contribution in [0.15, 0.2) is 12.4 Å². The smallest absolute Gasteiger partial charge is 0.224 e. The Labute approximate surface area is 134 Å². The Morgan fingerprint density at radius 3 is 2.82 bits per heavy atom. The van der Waals surface area contributed by atoms with Crippen LogP contribution in [0.25, 0.3) is 0 Å². The van der Waals surface area contributed by atoms with Gasteiger partial charge in [0.2, 0.25) is 5.91 Å². The van der Waals surface area contributed by atoms with E-state index in [1.54, 1.807) is 6.20 Å². The second kappa shape index (κ2) is 8.32. The van der Waals surface area contributed by atoms with Gasteiger partial charge in [-0.05, 0) is 26.8 Å². The predicted octanol–water partition coefficient (Wildman–Crippen LogP) is 2.21. The van der Waals surface area contributed by atoms with Crippen molar-refractivity contribution in [2.75, 3.05) is 20.1 Å². The van der Waals surface area contributed by atoms with E-state index >= 15 is 0 Å². The zero-order valence-electron chi connectivity index (χ0n) is 14.2. The molecule has 22 heavy (non-hydrogen) atoms. The molecule has 2 rings (SSSR count). The molecule has 1 fully saturated rings. The van der Waals surface area contributed by atoms with E-state index in [-0.39, 0.29) is 11.8 Å². The molecule has 0 aromatic carbocycles. The summed E-state index contributed by atoms with van der Waals surface area (Å²) in [5, 5.41) is 3.07. The first-order valence-corrected chi connectivity index (χ1v) is 8.53. The van der Waals surface area contributed by atoms with Gasteiger partial charge in [-0.3, -0.25) is 4.79 Å². The average Bonchev–Trinajstić information content (AvgIpc) is 2.93. The van der Waals surface area contributed by atoms with Crippen molar-refractivity contribution in [3.8, 4) is 0 Å². The molecule has 1 aromatic heterocycles. The minimum atomic E-state index is -0.0344. The summed E-state index contributed by atoms with van der Waals surface area (Å²) in [5.41, 5.74) is 0. The molecule has 1 heterocycles. The van der Waals surface area contributed by atoms with Gasteiger partial charge in [0.1, 0.15) is 5.82 Å². The molecular weight excluding hydrogens is 276 g/mol. The lowest BCUT2D eigenvalue weighted by Crippen LogP contribution is -2.41. The Morgan fingerprint density at radius 2 is 2.18 bits per heavy atom. The summed E-state index contributed by atoms with van der Waals surface area (Å²) < 4.78 is 2.03. The number of rotatable bonds is 7. The van der Waals surface area contributed by atoms with Gasteiger partial charge >= 0.3 is 0 Å². The molecule has 1 N–H and O–H groups in total. The Kier molecular flexibility index (Phi) is 6.43. The highest BCUT2D eigenvalue weighted by molar-refractivity contribution is 5.78. The fourth-order valence-electron chi connectivity index (χ4n) is 3.21. The molecule has 0 saturated heterocycles. The summed E-state index contributed by atoms with van der Waals surface area (Å²) in [6, 6.07) is 0.705. The standard InChI is InChI=1S/C17H30N4O/c1-14(13-21-12-10-18-15(21)2)17(22)19-9-11-20(3)16-7-5-4-6-8-16/h10,12,14,16H,4-9,11,13H2,1-3H3,(H,19,22)/t14-/m0/s1. The predicted molar refractivity (Wildman–Crippen MR) is 88.6 cm³/mol. The van der Waals surface area contributed by atoms with Crippen molar-refractivity contribution in [2.24, 2.45) is 5.92 Å². The van der Waals surface area contributed by atoms with Crippen LogP contribution >= 0.6 is 0 Å². The van der Waals surface area contributed by atoms with Crippen LogP contribution in [0.4, 0.5) is 0 Å². The molecule has 1 aliphatic carbocycles. The maximum absolute atomic E-state index is 12.2. The molecule has 0 unspecified atom stereocenters. The zero-order chi connectivity index (χ0) is 15.9. The van der Waals surface area contributed by atoms with Crippen molar-refractivity contribution < 1.29 is 4.79 Å². The topological polar surface area (TPSA) is 50.2 Å². The first-order chi connectivity index (χ1) is 10.6. The van der Waals surface area contributed by atoms with E-state index in [1.165, 1.54) is 32.1 Å². The van der Waals surface area contributed by atoms with Gasteiger partial charge in [-0.15, -0.1) is 0 Å². The quantitative estimate of drug-likeness (QED) is 0.840. The van der Waals surface area contributed by atoms with Crippen LogP contribution in [-0.4, -0.2) is 46.5 Å². The van der Waals surface area contributed by atoms with E-state index in [1.807, 2.05) is 24.6 Å². The molecule has 124 valence electrons. The summed E-state index contributed by atoms with van der Waals surface area (Å²) in [7, 11) is 2.18. The number of aromatic nitrogens is 2. The van der Waals surface area contributed by atoms with Crippen molar-refractivity contribution in [1.82, 2.24) is 19.8 Å². The molecule has 1 saturated carbocycles. The summed E-state index contributed by atoms with van der Waals surface area (Å²) in [6.45, 7) is 6.30. The van der Waals surface area contributed by atoms with Crippen molar-refractivity contribution in [3.05, 3.63) is 18.2 Å². The van der Waals surface area contributed by atoms with Crippen LogP contribution in [-0.2, 0) is 11.3 Å². The third-order valence-corrected chi connectivity index (χ3v) is 4.80. The summed E-state index contributed by atoms with van der Waals surface area (Å²) >= 11 is 0. The lowest BCUT2D eigenvalue weighted by atomic mass is 9.94. The van der Waals surface area contributed by atoms with Crippen molar-refractivity contribution >= 4 is 5.91 Å². The molecule has 0 radical (unpaired) electrons. The van der Waals surface area contributed by atoms with E-state index in [4.69, 9.17) is 0 Å². The number of hydrogen-bond donors (Lipinski definition) is 1. The fraction of sp³-hybridized carbons (Fsp3) is 0.765. The Balaban J connectivity index is 1.67. The lowest BCUT2D eigenvalue weighted by molar-refractivity contribution is -0.124. The monoisotopic (exact) mass is 306 g/mol.